The van der Waals surface area contributed by atoms with Crippen molar-refractivity contribution in [2.75, 3.05) is 91.4 Å². The first kappa shape index (κ1) is 34.9. The molecule has 1 aromatic heterocycles. The van der Waals surface area contributed by atoms with Gasteiger partial charge in [0.2, 0.25) is 11.9 Å². The first-order valence-corrected chi connectivity index (χ1v) is 13.4. The lowest BCUT2D eigenvalue weighted by atomic mass is 10.2. The molecule has 0 atom stereocenters. The highest BCUT2D eigenvalue weighted by atomic mass is 19.1. The Hall–Kier alpha value is -3.26. The maximum absolute atomic E-state index is 14.8. The van der Waals surface area contributed by atoms with Gasteiger partial charge >= 0.3 is 5.97 Å². The van der Waals surface area contributed by atoms with E-state index in [1.54, 1.807) is 20.1 Å². The molecule has 15 heteroatoms. The van der Waals surface area contributed by atoms with E-state index < -0.39 is 42.4 Å². The van der Waals surface area contributed by atoms with Crippen molar-refractivity contribution in [1.29, 1.82) is 5.26 Å². The zero-order valence-corrected chi connectivity index (χ0v) is 24.2. The molecule has 234 valence electrons. The Morgan fingerprint density at radius 3 is 2.02 bits per heavy atom. The monoisotopic (exact) mass is 600 g/mol. The number of nitriles is 1. The molecule has 2 rings (SSSR count). The maximum Gasteiger partial charge on any atom is 0.333 e. The Bertz CT molecular complexity index is 1170. The molecule has 2 aromatic rings. The van der Waals surface area contributed by atoms with Crippen molar-refractivity contribution in [2.45, 2.75) is 19.8 Å². The largest absolute Gasteiger partial charge is 0.442 e. The Balaban J connectivity index is 1.70. The maximum atomic E-state index is 14.8. The van der Waals surface area contributed by atoms with Gasteiger partial charge in [-0.25, -0.2) is 23.5 Å². The van der Waals surface area contributed by atoms with E-state index in [9.17, 15) is 18.4 Å². The molecule has 0 aliphatic heterocycles. The molecule has 0 bridgehead atoms. The minimum Gasteiger partial charge on any atom is -0.442 e. The zero-order chi connectivity index (χ0) is 30.7. The molecule has 0 spiro atoms. The van der Waals surface area contributed by atoms with Crippen LogP contribution in [0.1, 0.15) is 25.3 Å². The van der Waals surface area contributed by atoms with Gasteiger partial charge in [0.1, 0.15) is 23.7 Å². The predicted molar refractivity (Wildman–Crippen MR) is 145 cm³/mol. The van der Waals surface area contributed by atoms with E-state index >= 15 is 0 Å². The summed E-state index contributed by atoms with van der Waals surface area (Å²) in [6.07, 6.45) is 0.547. The summed E-state index contributed by atoms with van der Waals surface area (Å²) in [7, 11) is 2.98. The first-order valence-electron chi connectivity index (χ1n) is 13.4. The summed E-state index contributed by atoms with van der Waals surface area (Å²) in [5, 5.41) is 9.08. The Morgan fingerprint density at radius 2 is 1.50 bits per heavy atom. The molecule has 13 nitrogen and oxygen atoms in total. The van der Waals surface area contributed by atoms with Gasteiger partial charge in [-0.3, -0.25) is 4.79 Å². The summed E-state index contributed by atoms with van der Waals surface area (Å²) in [5.41, 5.74) is -1.14. The third kappa shape index (κ3) is 11.2. The number of halogens is 2. The molecular formula is C27H38F2N4O9. The van der Waals surface area contributed by atoms with Gasteiger partial charge in [-0.2, -0.15) is 5.26 Å². The van der Waals surface area contributed by atoms with Gasteiger partial charge in [-0.15, -0.1) is 0 Å². The van der Waals surface area contributed by atoms with Gasteiger partial charge in [0.05, 0.1) is 71.6 Å². The van der Waals surface area contributed by atoms with E-state index in [-0.39, 0.29) is 36.6 Å². The summed E-state index contributed by atoms with van der Waals surface area (Å²) in [6.45, 7) is 4.74. The van der Waals surface area contributed by atoms with Crippen molar-refractivity contribution >= 4 is 28.9 Å². The number of hydrogen-bond acceptors (Lipinski definition) is 11. The number of hydrogen-bond donors (Lipinski definition) is 0. The van der Waals surface area contributed by atoms with Gasteiger partial charge in [-0.05, 0) is 12.5 Å². The number of carbonyl (C=O) groups excluding carboxylic acids is 2. The summed E-state index contributed by atoms with van der Waals surface area (Å²) < 4.78 is 67.0. The second-order valence-corrected chi connectivity index (χ2v) is 8.71. The first-order chi connectivity index (χ1) is 20.3. The minimum absolute atomic E-state index is 0.0734. The number of rotatable bonds is 22. The summed E-state index contributed by atoms with van der Waals surface area (Å²) in [5.74, 6) is -3.27. The van der Waals surface area contributed by atoms with Crippen LogP contribution in [0, 0.1) is 23.0 Å². The third-order valence-electron chi connectivity index (χ3n) is 5.63. The fraction of sp³-hybridized carbons (Fsp3) is 0.630. The van der Waals surface area contributed by atoms with E-state index in [0.717, 1.165) is 15.5 Å². The second-order valence-electron chi connectivity index (χ2n) is 8.71. The number of aromatic nitrogens is 2. The number of carbonyl (C=O) groups is 2. The van der Waals surface area contributed by atoms with E-state index in [2.05, 4.69) is 4.98 Å². The Labute approximate surface area is 243 Å². The minimum atomic E-state index is -0.971. The lowest BCUT2D eigenvalue weighted by molar-refractivity contribution is -0.149. The molecule has 0 aliphatic carbocycles. The van der Waals surface area contributed by atoms with E-state index in [0.29, 0.717) is 59.3 Å². The van der Waals surface area contributed by atoms with E-state index in [1.807, 2.05) is 0 Å². The van der Waals surface area contributed by atoms with Crippen LogP contribution in [0.25, 0.3) is 11.0 Å². The molecule has 0 saturated heterocycles. The lowest BCUT2D eigenvalue weighted by Gasteiger charge is -2.21. The number of esters is 1. The van der Waals surface area contributed by atoms with Gasteiger partial charge in [-0.1, -0.05) is 6.92 Å². The number of amides is 1. The molecule has 1 heterocycles. The molecule has 0 saturated carbocycles. The van der Waals surface area contributed by atoms with Crippen molar-refractivity contribution in [3.63, 3.8) is 0 Å². The van der Waals surface area contributed by atoms with Crippen LogP contribution < -0.4 is 4.90 Å². The summed E-state index contributed by atoms with van der Waals surface area (Å²) in [6, 6.07) is 2.32. The fourth-order valence-electron chi connectivity index (χ4n) is 3.56. The predicted octanol–water partition coefficient (Wildman–Crippen LogP) is 2.09. The highest BCUT2D eigenvalue weighted by molar-refractivity contribution is 5.94. The van der Waals surface area contributed by atoms with Crippen molar-refractivity contribution in [3.8, 4) is 6.07 Å². The van der Waals surface area contributed by atoms with Crippen molar-refractivity contribution in [3.05, 3.63) is 23.3 Å². The summed E-state index contributed by atoms with van der Waals surface area (Å²) in [4.78, 5) is 30.0. The third-order valence-corrected chi connectivity index (χ3v) is 5.63. The molecule has 0 unspecified atom stereocenters. The van der Waals surface area contributed by atoms with E-state index in [4.69, 9.17) is 38.4 Å². The van der Waals surface area contributed by atoms with Crippen LogP contribution in [0.3, 0.4) is 0 Å². The van der Waals surface area contributed by atoms with Crippen LogP contribution in [0.4, 0.5) is 14.7 Å². The average molecular weight is 601 g/mol. The molecule has 0 radical (unpaired) electrons. The van der Waals surface area contributed by atoms with Gasteiger partial charge in [0.15, 0.2) is 18.4 Å². The zero-order valence-electron chi connectivity index (χ0n) is 24.2. The number of nitrogens with zero attached hydrogens (tertiary/aromatic N) is 4. The van der Waals surface area contributed by atoms with Crippen LogP contribution in [0.5, 0.6) is 0 Å². The lowest BCUT2D eigenvalue weighted by Crippen LogP contribution is -2.36. The van der Waals surface area contributed by atoms with Crippen molar-refractivity contribution in [1.82, 2.24) is 9.55 Å². The molecular weight excluding hydrogens is 562 g/mol. The normalized spacial score (nSPS) is 11.1. The topological polar surface area (TPSA) is 144 Å². The Kier molecular flexibility index (Phi) is 16.5. The highest BCUT2D eigenvalue weighted by Gasteiger charge is 2.26. The van der Waals surface area contributed by atoms with Crippen LogP contribution in [-0.2, 0) is 49.8 Å². The molecule has 42 heavy (non-hydrogen) atoms. The number of fused-ring (bicyclic) bond motifs is 1. The van der Waals surface area contributed by atoms with Crippen LogP contribution in [-0.4, -0.2) is 108 Å². The standard InChI is InChI=1S/C27H38F2N4O9/c1-4-5-22(34)33(27-31-25-21(28)16-20(17-30)24(29)26(25)32(27)2)19-42-23(35)18-41-15-14-40-13-12-39-11-10-38-9-8-37-7-6-36-3/h16H,4-15,18-19H2,1-3H3. The molecule has 0 fully saturated rings. The number of benzene rings is 1. The van der Waals surface area contributed by atoms with Gasteiger partial charge in [0, 0.05) is 20.6 Å². The number of methoxy groups -OCH3 is 1. The fourth-order valence-corrected chi connectivity index (χ4v) is 3.56. The number of ether oxygens (including phenoxy) is 7. The smallest absolute Gasteiger partial charge is 0.333 e. The van der Waals surface area contributed by atoms with E-state index in [1.165, 1.54) is 7.05 Å². The SMILES string of the molecule is CCCC(=O)N(COC(=O)COCCOCCOCCOCCOCCOC)c1nc2c(F)cc(C#N)c(F)c2n1C. The second kappa shape index (κ2) is 19.8. The Morgan fingerprint density at radius 1 is 0.952 bits per heavy atom. The van der Waals surface area contributed by atoms with Crippen LogP contribution >= 0.6 is 0 Å². The van der Waals surface area contributed by atoms with Gasteiger partial charge in [0.25, 0.3) is 0 Å². The average Bonchev–Trinajstić information content (AvgIpc) is 3.32. The van der Waals surface area contributed by atoms with Gasteiger partial charge < -0.3 is 37.7 Å². The van der Waals surface area contributed by atoms with Crippen molar-refractivity contribution in [2.24, 2.45) is 7.05 Å². The van der Waals surface area contributed by atoms with Crippen LogP contribution in [0.15, 0.2) is 6.07 Å². The highest BCUT2D eigenvalue weighted by Crippen LogP contribution is 2.28. The molecule has 0 aliphatic rings. The number of aryl methyl sites for hydroxylation is 1. The van der Waals surface area contributed by atoms with Crippen LogP contribution in [0.2, 0.25) is 0 Å². The molecule has 1 aromatic carbocycles. The number of imidazole rings is 1. The number of anilines is 1. The quantitative estimate of drug-likeness (QED) is 0.111. The van der Waals surface area contributed by atoms with Crippen molar-refractivity contribution < 1.29 is 51.5 Å². The summed E-state index contributed by atoms with van der Waals surface area (Å²) >= 11 is 0. The molecule has 0 N–H and O–H groups in total. The molecule has 1 amide bonds.